The Morgan fingerprint density at radius 1 is 1.28 bits per heavy atom. The van der Waals surface area contributed by atoms with E-state index in [0.29, 0.717) is 11.8 Å². The predicted octanol–water partition coefficient (Wildman–Crippen LogP) is 0.216. The number of methoxy groups -OCH3 is 2. The van der Waals surface area contributed by atoms with Crippen LogP contribution in [0.25, 0.3) is 0 Å². The molecule has 1 N–H and O–H groups in total. The molecule has 0 amide bonds. The molecule has 0 spiro atoms. The van der Waals surface area contributed by atoms with E-state index in [4.69, 9.17) is 9.47 Å². The first-order valence-corrected chi connectivity index (χ1v) is 6.88. The van der Waals surface area contributed by atoms with Crippen molar-refractivity contribution in [3.63, 3.8) is 0 Å². The topological polar surface area (TPSA) is 90.4 Å². The molecule has 0 aliphatic carbocycles. The first kappa shape index (κ1) is 12.6. The zero-order valence-corrected chi connectivity index (χ0v) is 10.8. The molecule has 1 aromatic heterocycles. The van der Waals surface area contributed by atoms with Crippen molar-refractivity contribution < 1.29 is 17.9 Å². The molecule has 7 nitrogen and oxygen atoms in total. The highest BCUT2D eigenvalue weighted by Crippen LogP contribution is 2.19. The van der Waals surface area contributed by atoms with Gasteiger partial charge in [0.05, 0.1) is 32.1 Å². The zero-order chi connectivity index (χ0) is 13.2. The summed E-state index contributed by atoms with van der Waals surface area (Å²) in [5.41, 5.74) is 0. The Balaban J connectivity index is 2.17. The number of rotatable bonds is 4. The summed E-state index contributed by atoms with van der Waals surface area (Å²) in [5.74, 6) is 0.942. The van der Waals surface area contributed by atoms with Crippen molar-refractivity contribution in [1.82, 2.24) is 9.97 Å². The van der Waals surface area contributed by atoms with E-state index in [1.54, 1.807) is 6.08 Å². The van der Waals surface area contributed by atoms with Gasteiger partial charge in [0.1, 0.15) is 0 Å². The number of nitrogens with zero attached hydrogens (tertiary/aromatic N) is 2. The second-order valence-corrected chi connectivity index (χ2v) is 5.62. The quantitative estimate of drug-likeness (QED) is 0.837. The van der Waals surface area contributed by atoms with E-state index in [2.05, 4.69) is 15.3 Å². The third-order valence-electron chi connectivity index (χ3n) is 2.34. The smallest absolute Gasteiger partial charge is 0.229 e. The Morgan fingerprint density at radius 2 is 1.89 bits per heavy atom. The van der Waals surface area contributed by atoms with Gasteiger partial charge in [-0.1, -0.05) is 0 Å². The van der Waals surface area contributed by atoms with Crippen LogP contribution in [-0.2, 0) is 9.84 Å². The fourth-order valence-electron chi connectivity index (χ4n) is 1.51. The van der Waals surface area contributed by atoms with Gasteiger partial charge in [0, 0.05) is 5.41 Å². The molecule has 98 valence electrons. The SMILES string of the molecule is COc1cc(OC)nc(NC2C=CS(=O)(=O)C2)n1. The van der Waals surface area contributed by atoms with E-state index in [-0.39, 0.29) is 17.7 Å². The average molecular weight is 271 g/mol. The lowest BCUT2D eigenvalue weighted by Gasteiger charge is -2.11. The Labute approximate surface area is 105 Å². The largest absolute Gasteiger partial charge is 0.481 e. The van der Waals surface area contributed by atoms with E-state index in [1.165, 1.54) is 25.7 Å². The highest BCUT2D eigenvalue weighted by molar-refractivity contribution is 7.94. The van der Waals surface area contributed by atoms with Crippen LogP contribution in [0.4, 0.5) is 5.95 Å². The van der Waals surface area contributed by atoms with Crippen LogP contribution in [0.3, 0.4) is 0 Å². The summed E-state index contributed by atoms with van der Waals surface area (Å²) in [4.78, 5) is 8.12. The van der Waals surface area contributed by atoms with Crippen LogP contribution in [-0.4, -0.2) is 44.4 Å². The van der Waals surface area contributed by atoms with Crippen molar-refractivity contribution >= 4 is 15.8 Å². The molecular formula is C10H13N3O4S. The van der Waals surface area contributed by atoms with Gasteiger partial charge in [-0.25, -0.2) is 8.42 Å². The monoisotopic (exact) mass is 271 g/mol. The van der Waals surface area contributed by atoms with Crippen LogP contribution in [0, 0.1) is 0 Å². The van der Waals surface area contributed by atoms with Gasteiger partial charge >= 0.3 is 0 Å². The first-order chi connectivity index (χ1) is 8.52. The molecule has 1 aliphatic heterocycles. The molecule has 0 aromatic carbocycles. The van der Waals surface area contributed by atoms with Gasteiger partial charge in [-0.2, -0.15) is 9.97 Å². The minimum absolute atomic E-state index is 0.00408. The standard InChI is InChI=1S/C10H13N3O4S/c1-16-8-5-9(17-2)13-10(12-8)11-7-3-4-18(14,15)6-7/h3-5,7H,6H2,1-2H3,(H,11,12,13). The first-order valence-electron chi connectivity index (χ1n) is 5.17. The molecule has 2 rings (SSSR count). The maximum atomic E-state index is 11.3. The molecule has 0 radical (unpaired) electrons. The lowest BCUT2D eigenvalue weighted by molar-refractivity contribution is 0.372. The maximum Gasteiger partial charge on any atom is 0.229 e. The van der Waals surface area contributed by atoms with Crippen LogP contribution >= 0.6 is 0 Å². The van der Waals surface area contributed by atoms with E-state index < -0.39 is 9.84 Å². The van der Waals surface area contributed by atoms with Crippen LogP contribution in [0.15, 0.2) is 17.6 Å². The van der Waals surface area contributed by atoms with Crippen molar-refractivity contribution in [1.29, 1.82) is 0 Å². The van der Waals surface area contributed by atoms with Crippen molar-refractivity contribution in [2.75, 3.05) is 25.3 Å². The third kappa shape index (κ3) is 2.89. The van der Waals surface area contributed by atoms with Gasteiger partial charge in [0.15, 0.2) is 9.84 Å². The summed E-state index contributed by atoms with van der Waals surface area (Å²) >= 11 is 0. The molecule has 0 bridgehead atoms. The van der Waals surface area contributed by atoms with E-state index in [1.807, 2.05) is 0 Å². The number of nitrogens with one attached hydrogen (secondary N) is 1. The molecule has 0 fully saturated rings. The third-order valence-corrected chi connectivity index (χ3v) is 3.74. The molecule has 1 aromatic rings. The summed E-state index contributed by atoms with van der Waals surface area (Å²) in [6.07, 6.45) is 1.56. The van der Waals surface area contributed by atoms with E-state index >= 15 is 0 Å². The predicted molar refractivity (Wildman–Crippen MR) is 65.5 cm³/mol. The van der Waals surface area contributed by atoms with Gasteiger partial charge < -0.3 is 14.8 Å². The molecular weight excluding hydrogens is 258 g/mol. The molecule has 0 saturated heterocycles. The second kappa shape index (κ2) is 4.81. The molecule has 18 heavy (non-hydrogen) atoms. The molecule has 1 atom stereocenters. The Hall–Kier alpha value is -1.83. The van der Waals surface area contributed by atoms with E-state index in [0.717, 1.165) is 0 Å². The number of hydrogen-bond acceptors (Lipinski definition) is 7. The second-order valence-electron chi connectivity index (χ2n) is 3.69. The van der Waals surface area contributed by atoms with Crippen molar-refractivity contribution in [2.24, 2.45) is 0 Å². The summed E-state index contributed by atoms with van der Waals surface area (Å²) in [5, 5.41) is 4.08. The molecule has 8 heteroatoms. The molecule has 2 heterocycles. The fourth-order valence-corrected chi connectivity index (χ4v) is 2.74. The summed E-state index contributed by atoms with van der Waals surface area (Å²) < 4.78 is 32.5. The Kier molecular flexibility index (Phi) is 3.37. The van der Waals surface area contributed by atoms with Crippen LogP contribution < -0.4 is 14.8 Å². The zero-order valence-electron chi connectivity index (χ0n) is 9.95. The van der Waals surface area contributed by atoms with Crippen molar-refractivity contribution in [3.05, 3.63) is 17.6 Å². The minimum Gasteiger partial charge on any atom is -0.481 e. The van der Waals surface area contributed by atoms with Crippen LogP contribution in [0.5, 0.6) is 11.8 Å². The van der Waals surface area contributed by atoms with Crippen molar-refractivity contribution in [3.8, 4) is 11.8 Å². The number of anilines is 1. The average Bonchev–Trinajstić information content (AvgIpc) is 2.68. The van der Waals surface area contributed by atoms with Crippen LogP contribution in [0.2, 0.25) is 0 Å². The number of hydrogen-bond donors (Lipinski definition) is 1. The Morgan fingerprint density at radius 3 is 2.33 bits per heavy atom. The van der Waals surface area contributed by atoms with Gasteiger partial charge in [0.25, 0.3) is 0 Å². The molecule has 1 aliphatic rings. The Bertz CT molecular complexity index is 548. The normalized spacial score (nSPS) is 20.7. The highest BCUT2D eigenvalue weighted by atomic mass is 32.2. The van der Waals surface area contributed by atoms with E-state index in [9.17, 15) is 8.42 Å². The number of sulfone groups is 1. The molecule has 0 saturated carbocycles. The summed E-state index contributed by atoms with van der Waals surface area (Å²) in [6.45, 7) is 0. The number of aromatic nitrogens is 2. The molecule has 1 unspecified atom stereocenters. The van der Waals surface area contributed by atoms with Gasteiger partial charge in [0.2, 0.25) is 17.7 Å². The lowest BCUT2D eigenvalue weighted by Crippen LogP contribution is -2.22. The van der Waals surface area contributed by atoms with Gasteiger partial charge in [-0.3, -0.25) is 0 Å². The minimum atomic E-state index is -3.11. The summed E-state index contributed by atoms with van der Waals surface area (Å²) in [7, 11) is -0.153. The van der Waals surface area contributed by atoms with Crippen molar-refractivity contribution in [2.45, 2.75) is 6.04 Å². The highest BCUT2D eigenvalue weighted by Gasteiger charge is 2.22. The number of ether oxygens (including phenoxy) is 2. The maximum absolute atomic E-state index is 11.3. The van der Waals surface area contributed by atoms with Crippen LogP contribution in [0.1, 0.15) is 0 Å². The summed E-state index contributed by atoms with van der Waals surface area (Å²) in [6, 6.07) is 1.19. The fraction of sp³-hybridized carbons (Fsp3) is 0.400. The lowest BCUT2D eigenvalue weighted by atomic mass is 10.3. The van der Waals surface area contributed by atoms with Gasteiger partial charge in [-0.05, 0) is 6.08 Å². The van der Waals surface area contributed by atoms with Gasteiger partial charge in [-0.15, -0.1) is 0 Å².